The molecule has 2 rings (SSSR count). The lowest BCUT2D eigenvalue weighted by molar-refractivity contribution is 0.0601. The minimum Gasteiger partial charge on any atom is -0.465 e. The van der Waals surface area contributed by atoms with Crippen LogP contribution in [-0.2, 0) is 4.74 Å². The quantitative estimate of drug-likeness (QED) is 0.526. The molecule has 0 saturated carbocycles. The number of aryl methyl sites for hydroxylation is 1. The monoisotopic (exact) mass is 268 g/mol. The van der Waals surface area contributed by atoms with Crippen LogP contribution in [0.3, 0.4) is 0 Å². The van der Waals surface area contributed by atoms with Gasteiger partial charge in [-0.1, -0.05) is 30.3 Å². The zero-order valence-electron chi connectivity index (χ0n) is 11.5. The third kappa shape index (κ3) is 3.45. The fraction of sp³-hybridized carbons (Fsp3) is 0.125. The summed E-state index contributed by atoms with van der Waals surface area (Å²) in [7, 11) is 1.36. The molecule has 0 atom stereocenters. The van der Waals surface area contributed by atoms with E-state index in [2.05, 4.69) is 15.3 Å². The Bertz CT molecular complexity index is 619. The van der Waals surface area contributed by atoms with Crippen LogP contribution in [0.15, 0.2) is 53.6 Å². The lowest BCUT2D eigenvalue weighted by Crippen LogP contribution is -2.00. The summed E-state index contributed by atoms with van der Waals surface area (Å²) in [5.74, 6) is -0.341. The number of benzene rings is 2. The normalized spacial score (nSPS) is 10.5. The van der Waals surface area contributed by atoms with Crippen molar-refractivity contribution in [3.63, 3.8) is 0 Å². The van der Waals surface area contributed by atoms with E-state index in [-0.39, 0.29) is 5.97 Å². The number of anilines is 1. The molecule has 0 aliphatic heterocycles. The molecule has 0 heterocycles. The number of nitrogens with zero attached hydrogens (tertiary/aromatic N) is 1. The zero-order valence-corrected chi connectivity index (χ0v) is 11.5. The van der Waals surface area contributed by atoms with Crippen molar-refractivity contribution in [1.82, 2.24) is 0 Å². The fourth-order valence-electron chi connectivity index (χ4n) is 1.70. The molecule has 2 aromatic carbocycles. The van der Waals surface area contributed by atoms with Crippen LogP contribution in [0, 0.1) is 6.92 Å². The minimum atomic E-state index is -0.341. The SMILES string of the molecule is COC(=O)c1ccc(/C=N\Nc2ccccc2C)cc1. The third-order valence-electron chi connectivity index (χ3n) is 2.88. The molecule has 0 aliphatic rings. The van der Waals surface area contributed by atoms with Crippen molar-refractivity contribution in [2.24, 2.45) is 5.10 Å². The van der Waals surface area contributed by atoms with Gasteiger partial charge in [0, 0.05) is 0 Å². The molecule has 0 aromatic heterocycles. The summed E-state index contributed by atoms with van der Waals surface area (Å²) in [5, 5.41) is 4.18. The van der Waals surface area contributed by atoms with Crippen LogP contribution in [-0.4, -0.2) is 19.3 Å². The molecule has 0 amide bonds. The van der Waals surface area contributed by atoms with Gasteiger partial charge in [-0.3, -0.25) is 5.43 Å². The van der Waals surface area contributed by atoms with Gasteiger partial charge in [-0.05, 0) is 36.2 Å². The van der Waals surface area contributed by atoms with E-state index in [0.29, 0.717) is 5.56 Å². The van der Waals surface area contributed by atoms with E-state index in [1.54, 1.807) is 18.3 Å². The van der Waals surface area contributed by atoms with Gasteiger partial charge in [0.2, 0.25) is 0 Å². The predicted octanol–water partition coefficient (Wildman–Crippen LogP) is 3.23. The number of ether oxygens (including phenoxy) is 1. The van der Waals surface area contributed by atoms with Crippen molar-refractivity contribution < 1.29 is 9.53 Å². The lowest BCUT2D eigenvalue weighted by Gasteiger charge is -2.03. The van der Waals surface area contributed by atoms with Crippen molar-refractivity contribution in [3.8, 4) is 0 Å². The fourth-order valence-corrected chi connectivity index (χ4v) is 1.70. The number of para-hydroxylation sites is 1. The Kier molecular flexibility index (Phi) is 4.50. The van der Waals surface area contributed by atoms with Gasteiger partial charge >= 0.3 is 5.97 Å². The molecule has 0 aliphatic carbocycles. The molecule has 20 heavy (non-hydrogen) atoms. The molecule has 0 spiro atoms. The van der Waals surface area contributed by atoms with E-state index >= 15 is 0 Å². The summed E-state index contributed by atoms with van der Waals surface area (Å²) >= 11 is 0. The maximum Gasteiger partial charge on any atom is 0.337 e. The molecule has 4 nitrogen and oxygen atoms in total. The molecule has 0 bridgehead atoms. The smallest absolute Gasteiger partial charge is 0.337 e. The number of hydrogen-bond donors (Lipinski definition) is 1. The molecule has 2 aromatic rings. The number of methoxy groups -OCH3 is 1. The number of rotatable bonds is 4. The minimum absolute atomic E-state index is 0.341. The van der Waals surface area contributed by atoms with Gasteiger partial charge in [-0.25, -0.2) is 4.79 Å². The number of nitrogens with one attached hydrogen (secondary N) is 1. The van der Waals surface area contributed by atoms with E-state index in [4.69, 9.17) is 0 Å². The Morgan fingerprint density at radius 1 is 1.15 bits per heavy atom. The number of esters is 1. The van der Waals surface area contributed by atoms with Gasteiger partial charge < -0.3 is 4.74 Å². The maximum absolute atomic E-state index is 11.3. The van der Waals surface area contributed by atoms with E-state index in [0.717, 1.165) is 16.8 Å². The maximum atomic E-state index is 11.3. The molecule has 0 radical (unpaired) electrons. The predicted molar refractivity (Wildman–Crippen MR) is 80.2 cm³/mol. The second kappa shape index (κ2) is 6.52. The van der Waals surface area contributed by atoms with Crippen LogP contribution in [0.5, 0.6) is 0 Å². The molecule has 0 fully saturated rings. The summed E-state index contributed by atoms with van der Waals surface area (Å²) in [5.41, 5.74) is 6.51. The Morgan fingerprint density at radius 3 is 2.50 bits per heavy atom. The molecule has 102 valence electrons. The average Bonchev–Trinajstić information content (AvgIpc) is 2.49. The van der Waals surface area contributed by atoms with Gasteiger partial charge in [-0.15, -0.1) is 0 Å². The van der Waals surface area contributed by atoms with Gasteiger partial charge in [0.05, 0.1) is 24.6 Å². The lowest BCUT2D eigenvalue weighted by atomic mass is 10.1. The van der Waals surface area contributed by atoms with Crippen molar-refractivity contribution in [2.45, 2.75) is 6.92 Å². The van der Waals surface area contributed by atoms with Crippen LogP contribution >= 0.6 is 0 Å². The summed E-state index contributed by atoms with van der Waals surface area (Å²) in [4.78, 5) is 11.3. The van der Waals surface area contributed by atoms with Crippen LogP contribution < -0.4 is 5.43 Å². The van der Waals surface area contributed by atoms with Crippen molar-refractivity contribution >= 4 is 17.9 Å². The summed E-state index contributed by atoms with van der Waals surface area (Å²) in [6.07, 6.45) is 1.70. The average molecular weight is 268 g/mol. The van der Waals surface area contributed by atoms with Gasteiger partial charge in [0.1, 0.15) is 0 Å². The van der Waals surface area contributed by atoms with E-state index in [1.165, 1.54) is 7.11 Å². The first-order chi connectivity index (χ1) is 9.70. The number of carbonyl (C=O) groups is 1. The number of hydrazone groups is 1. The first kappa shape index (κ1) is 13.8. The van der Waals surface area contributed by atoms with Crippen LogP contribution in [0.4, 0.5) is 5.69 Å². The van der Waals surface area contributed by atoms with Crippen LogP contribution in [0.25, 0.3) is 0 Å². The summed E-state index contributed by atoms with van der Waals surface area (Å²) in [6, 6.07) is 15.0. The second-order valence-corrected chi connectivity index (χ2v) is 4.30. The first-order valence-electron chi connectivity index (χ1n) is 6.24. The van der Waals surface area contributed by atoms with Gasteiger partial charge in [-0.2, -0.15) is 5.10 Å². The number of hydrogen-bond acceptors (Lipinski definition) is 4. The highest BCUT2D eigenvalue weighted by atomic mass is 16.5. The highest BCUT2D eigenvalue weighted by Crippen LogP contribution is 2.12. The summed E-state index contributed by atoms with van der Waals surface area (Å²) < 4.78 is 4.64. The van der Waals surface area contributed by atoms with Crippen LogP contribution in [0.1, 0.15) is 21.5 Å². The third-order valence-corrected chi connectivity index (χ3v) is 2.88. The Hall–Kier alpha value is -2.62. The highest BCUT2D eigenvalue weighted by Gasteiger charge is 2.03. The topological polar surface area (TPSA) is 50.7 Å². The molecular weight excluding hydrogens is 252 g/mol. The molecule has 1 N–H and O–H groups in total. The van der Waals surface area contributed by atoms with E-state index in [9.17, 15) is 4.79 Å². The van der Waals surface area contributed by atoms with Crippen molar-refractivity contribution in [2.75, 3.05) is 12.5 Å². The van der Waals surface area contributed by atoms with Gasteiger partial charge in [0.15, 0.2) is 0 Å². The molecule has 4 heteroatoms. The Balaban J connectivity index is 2.01. The van der Waals surface area contributed by atoms with Gasteiger partial charge in [0.25, 0.3) is 0 Å². The molecular formula is C16H16N2O2. The Morgan fingerprint density at radius 2 is 1.85 bits per heavy atom. The number of carbonyl (C=O) groups excluding carboxylic acids is 1. The first-order valence-corrected chi connectivity index (χ1v) is 6.24. The zero-order chi connectivity index (χ0) is 14.4. The molecule has 0 unspecified atom stereocenters. The largest absolute Gasteiger partial charge is 0.465 e. The van der Waals surface area contributed by atoms with E-state index < -0.39 is 0 Å². The Labute approximate surface area is 118 Å². The van der Waals surface area contributed by atoms with Crippen molar-refractivity contribution in [3.05, 3.63) is 65.2 Å². The standard InChI is InChI=1S/C16H16N2O2/c1-12-5-3-4-6-15(12)18-17-11-13-7-9-14(10-8-13)16(19)20-2/h3-11,18H,1-2H3/b17-11-. The van der Waals surface area contributed by atoms with Crippen LogP contribution in [0.2, 0.25) is 0 Å². The van der Waals surface area contributed by atoms with E-state index in [1.807, 2.05) is 43.3 Å². The van der Waals surface area contributed by atoms with Crippen molar-refractivity contribution in [1.29, 1.82) is 0 Å². The molecule has 0 saturated heterocycles. The second-order valence-electron chi connectivity index (χ2n) is 4.30. The summed E-state index contributed by atoms with van der Waals surface area (Å²) in [6.45, 7) is 2.02. The highest BCUT2D eigenvalue weighted by molar-refractivity contribution is 5.90.